The Morgan fingerprint density at radius 1 is 1.50 bits per heavy atom. The average molecular weight is 214 g/mol. The lowest BCUT2D eigenvalue weighted by atomic mass is 10.0. The molecule has 0 amide bonds. The van der Waals surface area contributed by atoms with Crippen molar-refractivity contribution in [3.8, 4) is 0 Å². The van der Waals surface area contributed by atoms with Crippen LogP contribution in [0, 0.1) is 6.92 Å². The van der Waals surface area contributed by atoms with Crippen LogP contribution in [-0.4, -0.2) is 16.0 Å². The van der Waals surface area contributed by atoms with Crippen LogP contribution >= 0.6 is 0 Å². The Morgan fingerprint density at radius 2 is 2.31 bits per heavy atom. The second kappa shape index (κ2) is 3.07. The summed E-state index contributed by atoms with van der Waals surface area (Å²) in [7, 11) is 0. The maximum atomic E-state index is 5.91. The number of pyridine rings is 2. The number of hydrogen-bond donors (Lipinski definition) is 2. The minimum Gasteiger partial charge on any atom is -0.383 e. The van der Waals surface area contributed by atoms with Gasteiger partial charge in [0.25, 0.3) is 0 Å². The Labute approximate surface area is 93.9 Å². The van der Waals surface area contributed by atoms with Crippen molar-refractivity contribution in [3.63, 3.8) is 0 Å². The van der Waals surface area contributed by atoms with Crippen LogP contribution in [-0.2, 0) is 6.42 Å². The van der Waals surface area contributed by atoms with Crippen LogP contribution in [0.25, 0.3) is 10.8 Å². The fraction of sp³-hybridized carbons (Fsp3) is 0.333. The molecule has 4 nitrogen and oxygen atoms in total. The molecule has 0 radical (unpaired) electrons. The average Bonchev–Trinajstić information content (AvgIpc) is 2.58. The predicted molar refractivity (Wildman–Crippen MR) is 65.5 cm³/mol. The van der Waals surface area contributed by atoms with Crippen LogP contribution in [0.5, 0.6) is 0 Å². The molecule has 0 fully saturated rings. The van der Waals surface area contributed by atoms with Gasteiger partial charge in [0.05, 0.1) is 5.69 Å². The van der Waals surface area contributed by atoms with Crippen molar-refractivity contribution in [2.45, 2.75) is 26.3 Å². The molecule has 4 heteroatoms. The van der Waals surface area contributed by atoms with E-state index in [1.54, 1.807) is 6.20 Å². The molecular weight excluding hydrogens is 200 g/mol. The van der Waals surface area contributed by atoms with E-state index in [1.165, 1.54) is 10.9 Å². The first-order valence-corrected chi connectivity index (χ1v) is 5.47. The third kappa shape index (κ3) is 1.16. The van der Waals surface area contributed by atoms with Crippen LogP contribution in [0.2, 0.25) is 0 Å². The third-order valence-corrected chi connectivity index (χ3v) is 3.13. The highest BCUT2D eigenvalue weighted by molar-refractivity contribution is 5.97. The van der Waals surface area contributed by atoms with E-state index in [0.29, 0.717) is 11.9 Å². The maximum Gasteiger partial charge on any atom is 0.133 e. The fourth-order valence-electron chi connectivity index (χ4n) is 2.44. The van der Waals surface area contributed by atoms with E-state index in [-0.39, 0.29) is 0 Å². The molecule has 0 spiro atoms. The fourth-order valence-corrected chi connectivity index (χ4v) is 2.44. The molecule has 3 heterocycles. The van der Waals surface area contributed by atoms with Gasteiger partial charge in [-0.05, 0) is 31.7 Å². The largest absolute Gasteiger partial charge is 0.383 e. The Balaban J connectivity index is 2.42. The zero-order valence-electron chi connectivity index (χ0n) is 9.41. The minimum absolute atomic E-state index is 0.446. The predicted octanol–water partition coefficient (Wildman–Crippen LogP) is 1.88. The summed E-state index contributed by atoms with van der Waals surface area (Å²) in [6.45, 7) is 4.14. The van der Waals surface area contributed by atoms with Gasteiger partial charge in [0.2, 0.25) is 0 Å². The lowest BCUT2D eigenvalue weighted by Crippen LogP contribution is -2.09. The summed E-state index contributed by atoms with van der Waals surface area (Å²) < 4.78 is 0. The van der Waals surface area contributed by atoms with Gasteiger partial charge in [-0.15, -0.1) is 0 Å². The van der Waals surface area contributed by atoms with Gasteiger partial charge in [-0.1, -0.05) is 0 Å². The van der Waals surface area contributed by atoms with E-state index in [2.05, 4.69) is 22.2 Å². The van der Waals surface area contributed by atoms with Crippen LogP contribution in [0.15, 0.2) is 12.3 Å². The topological polar surface area (TPSA) is 63.8 Å². The van der Waals surface area contributed by atoms with Crippen molar-refractivity contribution in [3.05, 3.63) is 23.5 Å². The normalized spacial score (nSPS) is 18.5. The number of anilines is 2. The number of nitrogens with two attached hydrogens (primary N) is 1. The first-order valence-electron chi connectivity index (χ1n) is 5.47. The molecular formula is C12H14N4. The first-order chi connectivity index (χ1) is 7.66. The lowest BCUT2D eigenvalue weighted by Gasteiger charge is -2.08. The SMILES string of the molecule is Cc1nc2c(c3ccnc(N)c13)C[C@@H](C)N2. The highest BCUT2D eigenvalue weighted by Crippen LogP contribution is 2.34. The van der Waals surface area contributed by atoms with Crippen LogP contribution in [0.1, 0.15) is 18.2 Å². The molecule has 3 rings (SSSR count). The van der Waals surface area contributed by atoms with Crippen LogP contribution in [0.4, 0.5) is 11.6 Å². The quantitative estimate of drug-likeness (QED) is 0.702. The van der Waals surface area contributed by atoms with Crippen molar-refractivity contribution in [1.29, 1.82) is 0 Å². The molecule has 0 saturated heterocycles. The summed E-state index contributed by atoms with van der Waals surface area (Å²) >= 11 is 0. The van der Waals surface area contributed by atoms with Crippen molar-refractivity contribution in [1.82, 2.24) is 9.97 Å². The van der Waals surface area contributed by atoms with E-state index in [1.807, 2.05) is 13.0 Å². The third-order valence-electron chi connectivity index (χ3n) is 3.13. The van der Waals surface area contributed by atoms with Crippen molar-refractivity contribution in [2.24, 2.45) is 0 Å². The Kier molecular flexibility index (Phi) is 1.80. The molecule has 3 N–H and O–H groups in total. The van der Waals surface area contributed by atoms with E-state index >= 15 is 0 Å². The molecule has 1 atom stereocenters. The summed E-state index contributed by atoms with van der Waals surface area (Å²) in [5.74, 6) is 1.58. The van der Waals surface area contributed by atoms with Gasteiger partial charge >= 0.3 is 0 Å². The second-order valence-electron chi connectivity index (χ2n) is 4.39. The summed E-state index contributed by atoms with van der Waals surface area (Å²) in [6.07, 6.45) is 2.77. The van der Waals surface area contributed by atoms with Gasteiger partial charge in [-0.2, -0.15) is 0 Å². The van der Waals surface area contributed by atoms with Gasteiger partial charge in [0.15, 0.2) is 0 Å². The summed E-state index contributed by atoms with van der Waals surface area (Å²) in [4.78, 5) is 8.69. The van der Waals surface area contributed by atoms with Crippen molar-refractivity contribution in [2.75, 3.05) is 11.1 Å². The van der Waals surface area contributed by atoms with Gasteiger partial charge in [0, 0.05) is 23.2 Å². The number of nitrogens with one attached hydrogen (secondary N) is 1. The summed E-state index contributed by atoms with van der Waals surface area (Å²) in [6, 6.07) is 2.47. The number of aromatic nitrogens is 2. The number of aryl methyl sites for hydroxylation is 1. The zero-order valence-corrected chi connectivity index (χ0v) is 9.41. The van der Waals surface area contributed by atoms with E-state index < -0.39 is 0 Å². The number of hydrogen-bond acceptors (Lipinski definition) is 4. The Bertz CT molecular complexity index is 577. The van der Waals surface area contributed by atoms with Crippen molar-refractivity contribution < 1.29 is 0 Å². The van der Waals surface area contributed by atoms with Crippen LogP contribution < -0.4 is 11.1 Å². The lowest BCUT2D eigenvalue weighted by molar-refractivity contribution is 0.841. The molecule has 1 aliphatic heterocycles. The van der Waals surface area contributed by atoms with Crippen LogP contribution in [0.3, 0.4) is 0 Å². The highest BCUT2D eigenvalue weighted by atomic mass is 15.0. The van der Waals surface area contributed by atoms with E-state index in [9.17, 15) is 0 Å². The Hall–Kier alpha value is -1.84. The standard InChI is InChI=1S/C12H14N4/c1-6-5-9-8-3-4-14-11(13)10(8)7(2)16-12(9)15-6/h3-4,6H,5H2,1-2H3,(H2,13,14)(H,15,16)/t6-/m1/s1. The van der Waals surface area contributed by atoms with Gasteiger partial charge in [0.1, 0.15) is 11.6 Å². The molecule has 0 aromatic carbocycles. The number of nitrogens with zero attached hydrogens (tertiary/aromatic N) is 2. The molecule has 1 aliphatic rings. The number of rotatable bonds is 0. The highest BCUT2D eigenvalue weighted by Gasteiger charge is 2.22. The molecule has 0 bridgehead atoms. The number of fused-ring (bicyclic) bond motifs is 3. The first kappa shape index (κ1) is 9.39. The van der Waals surface area contributed by atoms with E-state index in [0.717, 1.165) is 23.3 Å². The summed E-state index contributed by atoms with van der Waals surface area (Å²) in [5.41, 5.74) is 8.13. The molecule has 0 unspecified atom stereocenters. The molecule has 2 aromatic heterocycles. The monoisotopic (exact) mass is 214 g/mol. The second-order valence-corrected chi connectivity index (χ2v) is 4.39. The molecule has 16 heavy (non-hydrogen) atoms. The molecule has 2 aromatic rings. The smallest absolute Gasteiger partial charge is 0.133 e. The summed E-state index contributed by atoms with van der Waals surface area (Å²) in [5, 5.41) is 5.56. The van der Waals surface area contributed by atoms with E-state index in [4.69, 9.17) is 5.73 Å². The Morgan fingerprint density at radius 3 is 3.12 bits per heavy atom. The van der Waals surface area contributed by atoms with Gasteiger partial charge in [-0.3, -0.25) is 0 Å². The molecule has 0 saturated carbocycles. The van der Waals surface area contributed by atoms with Crippen molar-refractivity contribution >= 4 is 22.4 Å². The maximum absolute atomic E-state index is 5.91. The zero-order chi connectivity index (χ0) is 11.3. The molecule has 82 valence electrons. The molecule has 0 aliphatic carbocycles. The minimum atomic E-state index is 0.446. The van der Waals surface area contributed by atoms with Gasteiger partial charge < -0.3 is 11.1 Å². The van der Waals surface area contributed by atoms with Gasteiger partial charge in [-0.25, -0.2) is 9.97 Å². The number of nitrogen functional groups attached to an aromatic ring is 1.